The van der Waals surface area contributed by atoms with Crippen molar-refractivity contribution in [3.8, 4) is 44.5 Å². The number of aromatic nitrogens is 1. The van der Waals surface area contributed by atoms with Crippen LogP contribution in [0.1, 0.15) is 39.1 Å². The highest BCUT2D eigenvalue weighted by atomic mass is 14.7. The molecule has 0 saturated heterocycles. The lowest BCUT2D eigenvalue weighted by atomic mass is 9.51. The Hall–Kier alpha value is -7.61. The van der Waals surface area contributed by atoms with Crippen LogP contribution in [0, 0.1) is 0 Å². The van der Waals surface area contributed by atoms with Crippen molar-refractivity contribution in [2.75, 3.05) is 0 Å². The molecule has 0 radical (unpaired) electrons. The van der Waals surface area contributed by atoms with E-state index in [0.717, 1.165) is 16.6 Å². The molecule has 1 heteroatoms. The normalized spacial score (nSPS) is 14.8. The molecule has 9 aromatic rings. The van der Waals surface area contributed by atoms with E-state index in [4.69, 9.17) is 4.98 Å². The van der Waals surface area contributed by atoms with Gasteiger partial charge >= 0.3 is 0 Å². The van der Waals surface area contributed by atoms with E-state index in [1.54, 1.807) is 0 Å². The van der Waals surface area contributed by atoms with Crippen LogP contribution in [0.15, 0.2) is 242 Å². The molecule has 0 aliphatic heterocycles. The SMILES string of the molecule is C=C/C=C\C1=C(Cc2cc(-c3ccc(-c4ccccc4)cc3)c3ccccc3n2)C2(c3ccccc3-c3ccccc32)c2ccccc2C12c1ccccc1-c1ccccc12. The Morgan fingerprint density at radius 3 is 1.43 bits per heavy atom. The summed E-state index contributed by atoms with van der Waals surface area (Å²) in [6, 6.07) is 76.3. The second kappa shape index (κ2) is 13.7. The van der Waals surface area contributed by atoms with Gasteiger partial charge in [-0.25, -0.2) is 0 Å². The van der Waals surface area contributed by atoms with Gasteiger partial charge < -0.3 is 0 Å². The minimum absolute atomic E-state index is 0.594. The van der Waals surface area contributed by atoms with Gasteiger partial charge in [0.15, 0.2) is 0 Å². The maximum atomic E-state index is 5.58. The van der Waals surface area contributed by atoms with Gasteiger partial charge in [-0.15, -0.1) is 0 Å². The molecule has 2 spiro atoms. The first-order chi connectivity index (χ1) is 30.2. The van der Waals surface area contributed by atoms with Gasteiger partial charge in [0.25, 0.3) is 0 Å². The summed E-state index contributed by atoms with van der Waals surface area (Å²) in [7, 11) is 0. The maximum absolute atomic E-state index is 5.58. The van der Waals surface area contributed by atoms with Gasteiger partial charge in [-0.1, -0.05) is 219 Å². The average molecular weight is 776 g/mol. The fraction of sp³-hybridized carbons (Fsp3) is 0.0500. The number of allylic oxidation sites excluding steroid dienone is 5. The molecule has 61 heavy (non-hydrogen) atoms. The molecule has 3 aliphatic carbocycles. The van der Waals surface area contributed by atoms with Crippen molar-refractivity contribution in [3.63, 3.8) is 0 Å². The van der Waals surface area contributed by atoms with Gasteiger partial charge in [0.05, 0.1) is 16.3 Å². The van der Waals surface area contributed by atoms with Crippen LogP contribution in [0.2, 0.25) is 0 Å². The van der Waals surface area contributed by atoms with Crippen LogP contribution in [0.25, 0.3) is 55.4 Å². The molecule has 12 rings (SSSR count). The fourth-order valence-corrected chi connectivity index (χ4v) is 11.4. The van der Waals surface area contributed by atoms with Crippen LogP contribution in [-0.2, 0) is 17.3 Å². The van der Waals surface area contributed by atoms with Gasteiger partial charge in [-0.3, -0.25) is 4.98 Å². The highest BCUT2D eigenvalue weighted by Gasteiger charge is 2.59. The standard InChI is InChI=1S/C60H41N/c1-2-3-26-56-57(39-43-38-49(48-25-11-18-33-58(48)61-43)42-36-34-41(35-37-42)40-19-5-4-6-20-40)60(52-29-14-9-23-46(52)47-24-10-15-30-53(47)60)55-32-17-16-31-54(55)59(56)50-27-12-7-21-44(50)45-22-8-13-28-51(45)59/h2-38H,1,39H2/b26-3-. The van der Waals surface area contributed by atoms with Crippen LogP contribution in [0.5, 0.6) is 0 Å². The molecular weight excluding hydrogens is 735 g/mol. The fourth-order valence-electron chi connectivity index (χ4n) is 11.4. The monoisotopic (exact) mass is 775 g/mol. The number of fused-ring (bicyclic) bond motifs is 14. The summed E-state index contributed by atoms with van der Waals surface area (Å²) < 4.78 is 0. The summed E-state index contributed by atoms with van der Waals surface area (Å²) >= 11 is 0. The van der Waals surface area contributed by atoms with Crippen molar-refractivity contribution in [2.45, 2.75) is 17.3 Å². The average Bonchev–Trinajstić information content (AvgIpc) is 3.79. The van der Waals surface area contributed by atoms with Gasteiger partial charge in [0.2, 0.25) is 0 Å². The molecule has 0 atom stereocenters. The molecule has 0 fully saturated rings. The third-order valence-corrected chi connectivity index (χ3v) is 13.7. The predicted octanol–water partition coefficient (Wildman–Crippen LogP) is 14.5. The number of pyridine rings is 1. The Bertz CT molecular complexity index is 3200. The van der Waals surface area contributed by atoms with E-state index in [0.29, 0.717) is 6.42 Å². The maximum Gasteiger partial charge on any atom is 0.0717 e. The zero-order valence-corrected chi connectivity index (χ0v) is 33.7. The third-order valence-electron chi connectivity index (χ3n) is 13.7. The second-order valence-electron chi connectivity index (χ2n) is 16.5. The molecule has 286 valence electrons. The van der Waals surface area contributed by atoms with Gasteiger partial charge in [0, 0.05) is 17.5 Å². The van der Waals surface area contributed by atoms with E-state index in [9.17, 15) is 0 Å². The summed E-state index contributed by atoms with van der Waals surface area (Å²) in [5.74, 6) is 0. The Balaban J connectivity index is 1.20. The molecule has 0 saturated carbocycles. The number of rotatable bonds is 6. The van der Waals surface area contributed by atoms with Crippen LogP contribution < -0.4 is 0 Å². The highest BCUT2D eigenvalue weighted by molar-refractivity contribution is 5.96. The number of para-hydroxylation sites is 1. The molecule has 8 aromatic carbocycles. The molecule has 0 bridgehead atoms. The Morgan fingerprint density at radius 2 is 0.852 bits per heavy atom. The highest BCUT2D eigenvalue weighted by Crippen LogP contribution is 2.68. The van der Waals surface area contributed by atoms with Crippen molar-refractivity contribution in [1.82, 2.24) is 4.98 Å². The second-order valence-corrected chi connectivity index (χ2v) is 16.5. The van der Waals surface area contributed by atoms with Crippen LogP contribution in [-0.4, -0.2) is 4.98 Å². The summed E-state index contributed by atoms with van der Waals surface area (Å²) in [6.45, 7) is 4.25. The van der Waals surface area contributed by atoms with E-state index in [1.165, 1.54) is 89.0 Å². The predicted molar refractivity (Wildman–Crippen MR) is 253 cm³/mol. The lowest BCUT2D eigenvalue weighted by molar-refractivity contribution is 0.607. The van der Waals surface area contributed by atoms with Crippen molar-refractivity contribution in [3.05, 3.63) is 281 Å². The number of nitrogens with zero attached hydrogens (tertiary/aromatic N) is 1. The summed E-state index contributed by atoms with van der Waals surface area (Å²) in [5, 5.41) is 1.15. The zero-order chi connectivity index (χ0) is 40.5. The molecule has 0 N–H and O–H groups in total. The van der Waals surface area contributed by atoms with Gasteiger partial charge in [-0.05, 0) is 101 Å². The van der Waals surface area contributed by atoms with Crippen LogP contribution in [0.3, 0.4) is 0 Å². The summed E-state index contributed by atoms with van der Waals surface area (Å²) in [6.07, 6.45) is 7.09. The molecule has 0 unspecified atom stereocenters. The van der Waals surface area contributed by atoms with E-state index in [2.05, 4.69) is 225 Å². The Kier molecular flexibility index (Phi) is 7.95. The van der Waals surface area contributed by atoms with Crippen molar-refractivity contribution in [2.24, 2.45) is 0 Å². The van der Waals surface area contributed by atoms with Crippen molar-refractivity contribution < 1.29 is 0 Å². The minimum Gasteiger partial charge on any atom is -0.252 e. The lowest BCUT2D eigenvalue weighted by Gasteiger charge is -2.50. The van der Waals surface area contributed by atoms with E-state index in [-0.39, 0.29) is 0 Å². The first-order valence-corrected chi connectivity index (χ1v) is 21.3. The van der Waals surface area contributed by atoms with Gasteiger partial charge in [-0.2, -0.15) is 0 Å². The van der Waals surface area contributed by atoms with Crippen LogP contribution >= 0.6 is 0 Å². The number of benzene rings is 8. The zero-order valence-electron chi connectivity index (χ0n) is 33.7. The van der Waals surface area contributed by atoms with E-state index < -0.39 is 10.8 Å². The summed E-state index contributed by atoms with van der Waals surface area (Å²) in [5.41, 5.74) is 21.2. The Morgan fingerprint density at radius 1 is 0.410 bits per heavy atom. The largest absolute Gasteiger partial charge is 0.252 e. The van der Waals surface area contributed by atoms with Gasteiger partial charge in [0.1, 0.15) is 0 Å². The first kappa shape index (κ1) is 35.3. The molecule has 0 amide bonds. The van der Waals surface area contributed by atoms with Crippen molar-refractivity contribution >= 4 is 10.9 Å². The lowest BCUT2D eigenvalue weighted by Crippen LogP contribution is -2.44. The first-order valence-electron chi connectivity index (χ1n) is 21.3. The minimum atomic E-state index is -0.604. The topological polar surface area (TPSA) is 12.9 Å². The smallest absolute Gasteiger partial charge is 0.0717 e. The Labute approximate surface area is 357 Å². The molecule has 1 aromatic heterocycles. The van der Waals surface area contributed by atoms with Crippen molar-refractivity contribution in [1.29, 1.82) is 0 Å². The molecule has 3 aliphatic rings. The molecule has 1 nitrogen and oxygen atoms in total. The molecule has 1 heterocycles. The number of hydrogen-bond acceptors (Lipinski definition) is 1. The van der Waals surface area contributed by atoms with E-state index >= 15 is 0 Å². The third kappa shape index (κ3) is 4.92. The van der Waals surface area contributed by atoms with E-state index in [1.807, 2.05) is 6.08 Å². The quantitative estimate of drug-likeness (QED) is 0.153. The molecular formula is C60H41N. The summed E-state index contributed by atoms with van der Waals surface area (Å²) in [4.78, 5) is 5.58. The number of hydrogen-bond donors (Lipinski definition) is 0. The van der Waals surface area contributed by atoms with Crippen LogP contribution in [0.4, 0.5) is 0 Å².